The second-order valence-corrected chi connectivity index (χ2v) is 11.2. The van der Waals surface area contributed by atoms with Gasteiger partial charge in [-0.15, -0.1) is 15.3 Å². The third-order valence-corrected chi connectivity index (χ3v) is 7.46. The van der Waals surface area contributed by atoms with Gasteiger partial charge in [0.1, 0.15) is 10.8 Å². The van der Waals surface area contributed by atoms with E-state index in [1.54, 1.807) is 6.07 Å². The first kappa shape index (κ1) is 30.6. The quantitative estimate of drug-likeness (QED) is 0.165. The average molecular weight is 585 g/mol. The summed E-state index contributed by atoms with van der Waals surface area (Å²) >= 11 is 1.39. The van der Waals surface area contributed by atoms with Gasteiger partial charge in [0.25, 0.3) is 0 Å². The van der Waals surface area contributed by atoms with Crippen molar-refractivity contribution in [3.8, 4) is 0 Å². The molecule has 0 fully saturated rings. The van der Waals surface area contributed by atoms with Crippen LogP contribution in [0.4, 0.5) is 10.9 Å². The Morgan fingerprint density at radius 3 is 2.21 bits per heavy atom. The first-order valence-corrected chi connectivity index (χ1v) is 15.2. The van der Waals surface area contributed by atoms with Crippen molar-refractivity contribution in [1.29, 1.82) is 0 Å². The molecule has 10 heteroatoms. The molecule has 0 atom stereocenters. The van der Waals surface area contributed by atoms with Gasteiger partial charge in [0.15, 0.2) is 5.82 Å². The van der Waals surface area contributed by atoms with E-state index in [4.69, 9.17) is 0 Å². The molecule has 0 bridgehead atoms. The summed E-state index contributed by atoms with van der Waals surface area (Å²) in [5, 5.41) is 23.7. The van der Waals surface area contributed by atoms with Crippen LogP contribution in [0.3, 0.4) is 0 Å². The molecule has 0 unspecified atom stereocenters. The highest BCUT2D eigenvalue weighted by Gasteiger charge is 2.11. The highest BCUT2D eigenvalue weighted by atomic mass is 32.1. The number of hydrogen-bond donors (Lipinski definition) is 2. The molecule has 2 N–H and O–H groups in total. The third-order valence-electron chi connectivity index (χ3n) is 6.56. The minimum atomic E-state index is -0.143. The van der Waals surface area contributed by atoms with Gasteiger partial charge in [0, 0.05) is 19.3 Å². The zero-order valence-corrected chi connectivity index (χ0v) is 24.7. The first-order valence-electron chi connectivity index (χ1n) is 14.3. The summed E-state index contributed by atoms with van der Waals surface area (Å²) in [6.45, 7) is 2.01. The molecule has 0 spiro atoms. The highest BCUT2D eigenvalue weighted by molar-refractivity contribution is 7.15. The van der Waals surface area contributed by atoms with Crippen LogP contribution < -0.4 is 10.6 Å². The molecule has 0 saturated carbocycles. The number of hydrogen-bond acceptors (Lipinski definition) is 8. The van der Waals surface area contributed by atoms with Crippen LogP contribution in [0.25, 0.3) is 0 Å². The van der Waals surface area contributed by atoms with Crippen LogP contribution in [0.2, 0.25) is 0 Å². The Morgan fingerprint density at radius 1 is 0.690 bits per heavy atom. The number of amides is 2. The number of carbonyl (C=O) groups is 3. The van der Waals surface area contributed by atoms with E-state index in [9.17, 15) is 14.4 Å². The first-order chi connectivity index (χ1) is 20.5. The minimum Gasteiger partial charge on any atom is -0.309 e. The molecule has 2 aromatic heterocycles. The van der Waals surface area contributed by atoms with Crippen LogP contribution in [-0.4, -0.2) is 38.0 Å². The highest BCUT2D eigenvalue weighted by Crippen LogP contribution is 2.19. The lowest BCUT2D eigenvalue weighted by atomic mass is 10.0. The number of aromatic nitrogens is 4. The topological polar surface area (TPSA) is 127 Å². The van der Waals surface area contributed by atoms with Gasteiger partial charge < -0.3 is 10.6 Å². The van der Waals surface area contributed by atoms with Gasteiger partial charge in [-0.3, -0.25) is 14.4 Å². The maximum absolute atomic E-state index is 12.6. The number of unbranched alkanes of at least 4 members (excludes halogenated alkanes) is 1. The third kappa shape index (κ3) is 10.6. The summed E-state index contributed by atoms with van der Waals surface area (Å²) in [7, 11) is 0. The van der Waals surface area contributed by atoms with Crippen LogP contribution in [0, 0.1) is 0 Å². The van der Waals surface area contributed by atoms with E-state index in [2.05, 4.69) is 31.0 Å². The van der Waals surface area contributed by atoms with Crippen molar-refractivity contribution in [1.82, 2.24) is 20.4 Å². The van der Waals surface area contributed by atoms with Crippen molar-refractivity contribution in [2.45, 2.75) is 71.1 Å². The lowest BCUT2D eigenvalue weighted by Gasteiger charge is -2.05. The summed E-state index contributed by atoms with van der Waals surface area (Å²) in [5.41, 5.74) is 3.77. The molecule has 0 aliphatic rings. The van der Waals surface area contributed by atoms with E-state index >= 15 is 0 Å². The maximum atomic E-state index is 12.6. The predicted molar refractivity (Wildman–Crippen MR) is 164 cm³/mol. The molecule has 42 heavy (non-hydrogen) atoms. The Balaban J connectivity index is 1.14. The van der Waals surface area contributed by atoms with Gasteiger partial charge in [0.05, 0.1) is 18.5 Å². The number of benzene rings is 2. The Morgan fingerprint density at radius 2 is 1.43 bits per heavy atom. The monoisotopic (exact) mass is 584 g/mol. The van der Waals surface area contributed by atoms with Crippen LogP contribution >= 0.6 is 11.3 Å². The van der Waals surface area contributed by atoms with E-state index in [0.717, 1.165) is 59.5 Å². The Bertz CT molecular complexity index is 1460. The zero-order valence-electron chi connectivity index (χ0n) is 23.8. The maximum Gasteiger partial charge on any atom is 0.230 e. The largest absolute Gasteiger partial charge is 0.309 e. The molecule has 2 aromatic carbocycles. The van der Waals surface area contributed by atoms with Crippen LogP contribution in [0.1, 0.15) is 66.4 Å². The van der Waals surface area contributed by atoms with E-state index in [1.807, 2.05) is 67.6 Å². The van der Waals surface area contributed by atoms with Crippen molar-refractivity contribution in [3.63, 3.8) is 0 Å². The molecular formula is C32H36N6O3S. The fourth-order valence-corrected chi connectivity index (χ4v) is 5.24. The molecule has 4 rings (SSSR count). The number of ketones is 1. The molecule has 0 radical (unpaired) electrons. The molecule has 2 amide bonds. The van der Waals surface area contributed by atoms with Crippen LogP contribution in [-0.2, 0) is 46.5 Å². The Kier molecular flexibility index (Phi) is 11.8. The SMILES string of the molecule is CCCC(=O)CCc1cccc(CC(=O)Nc2nnc(CCCCc3ccc(NC(=O)Cc4ccccc4)nn3)s2)c1. The summed E-state index contributed by atoms with van der Waals surface area (Å²) in [6, 6.07) is 21.0. The van der Waals surface area contributed by atoms with Crippen molar-refractivity contribution < 1.29 is 14.4 Å². The summed E-state index contributed by atoms with van der Waals surface area (Å²) < 4.78 is 0. The van der Waals surface area contributed by atoms with E-state index in [1.165, 1.54) is 11.3 Å². The summed E-state index contributed by atoms with van der Waals surface area (Å²) in [4.78, 5) is 36.6. The van der Waals surface area contributed by atoms with Gasteiger partial charge in [-0.05, 0) is 60.9 Å². The number of Topliss-reactive ketones (excluding diaryl/α,β-unsaturated/α-hetero) is 1. The second-order valence-electron chi connectivity index (χ2n) is 10.2. The number of rotatable bonds is 16. The number of anilines is 2. The van der Waals surface area contributed by atoms with Gasteiger partial charge in [-0.25, -0.2) is 0 Å². The zero-order chi connectivity index (χ0) is 29.6. The Hall–Kier alpha value is -4.31. The van der Waals surface area contributed by atoms with Crippen molar-refractivity contribution >= 4 is 39.9 Å². The molecule has 2 heterocycles. The van der Waals surface area contributed by atoms with Crippen molar-refractivity contribution in [2.24, 2.45) is 0 Å². The number of carbonyl (C=O) groups excluding carboxylic acids is 3. The lowest BCUT2D eigenvalue weighted by Crippen LogP contribution is -2.15. The van der Waals surface area contributed by atoms with Crippen molar-refractivity contribution in [2.75, 3.05) is 10.6 Å². The summed E-state index contributed by atoms with van der Waals surface area (Å²) in [5.74, 6) is 0.443. The molecule has 0 aliphatic carbocycles. The normalized spacial score (nSPS) is 10.8. The summed E-state index contributed by atoms with van der Waals surface area (Å²) in [6.07, 6.45) is 6.56. The second kappa shape index (κ2) is 16.2. The van der Waals surface area contributed by atoms with Gasteiger partial charge >= 0.3 is 0 Å². The fraction of sp³-hybridized carbons (Fsp3) is 0.344. The van der Waals surface area contributed by atoms with E-state index in [-0.39, 0.29) is 24.0 Å². The lowest BCUT2D eigenvalue weighted by molar-refractivity contribution is -0.119. The number of aryl methyl sites for hydroxylation is 3. The standard InChI is InChI=1S/C32H36N6O3S/c1-2-9-27(39)18-16-24-12-8-13-25(20-24)22-30(41)34-32-38-37-31(42-32)15-7-6-14-26-17-19-28(36-35-26)33-29(40)21-23-10-4-3-5-11-23/h3-5,8,10-13,17,19-20H,2,6-7,9,14-16,18,21-22H2,1H3,(H,33,36,40)(H,34,38,41). The van der Waals surface area contributed by atoms with Gasteiger partial charge in [0.2, 0.25) is 16.9 Å². The number of nitrogens with zero attached hydrogens (tertiary/aromatic N) is 4. The molecule has 218 valence electrons. The molecular weight excluding hydrogens is 548 g/mol. The van der Waals surface area contributed by atoms with E-state index in [0.29, 0.717) is 36.6 Å². The number of nitrogens with one attached hydrogen (secondary N) is 2. The van der Waals surface area contributed by atoms with Gasteiger partial charge in [-0.1, -0.05) is 72.9 Å². The predicted octanol–water partition coefficient (Wildman–Crippen LogP) is 5.56. The van der Waals surface area contributed by atoms with Crippen molar-refractivity contribution in [3.05, 3.63) is 94.1 Å². The van der Waals surface area contributed by atoms with Crippen LogP contribution in [0.5, 0.6) is 0 Å². The van der Waals surface area contributed by atoms with E-state index < -0.39 is 0 Å². The molecule has 9 nitrogen and oxygen atoms in total. The smallest absolute Gasteiger partial charge is 0.230 e. The molecule has 4 aromatic rings. The fourth-order valence-electron chi connectivity index (χ4n) is 4.45. The average Bonchev–Trinajstić information content (AvgIpc) is 3.42. The Labute approximate surface area is 250 Å². The molecule has 0 saturated heterocycles. The molecule has 0 aliphatic heterocycles. The van der Waals surface area contributed by atoms with Crippen LogP contribution in [0.15, 0.2) is 66.7 Å². The van der Waals surface area contributed by atoms with Gasteiger partial charge in [-0.2, -0.15) is 5.10 Å². The minimum absolute atomic E-state index is 0.128.